The summed E-state index contributed by atoms with van der Waals surface area (Å²) >= 11 is 0. The van der Waals surface area contributed by atoms with Gasteiger partial charge >= 0.3 is 6.18 Å². The van der Waals surface area contributed by atoms with Gasteiger partial charge in [0.05, 0.1) is 68.3 Å². The molecule has 7 nitrogen and oxygen atoms in total. The number of benzene rings is 9. The molecule has 12 aromatic rings. The van der Waals surface area contributed by atoms with Gasteiger partial charge in [0.2, 0.25) is 0 Å². The Balaban J connectivity index is 1.29. The summed E-state index contributed by atoms with van der Waals surface area (Å²) in [5, 5.41) is 22.3. The summed E-state index contributed by atoms with van der Waals surface area (Å²) in [4.78, 5) is 20.6. The predicted octanol–water partition coefficient (Wildman–Crippen LogP) is 16.5. The summed E-state index contributed by atoms with van der Waals surface area (Å²) < 4.78 is 50.1. The SMILES string of the molecule is N#Cc1ccccc1-c1ccc2c3ccc(-c4ccccc4C#N)cc3n(-c3c(-c4cc(-c5ccccc5)nc(-c5ccccc5)n4)cc(C(F)(F)F)cc3-c3nc(-c4ccccc4)cc(-c4ccccc4)n3)c2c1. The van der Waals surface area contributed by atoms with Gasteiger partial charge in [-0.1, -0.05) is 182 Å². The van der Waals surface area contributed by atoms with Gasteiger partial charge in [-0.15, -0.1) is 0 Å². The first kappa shape index (κ1) is 45.8. The first-order valence-electron chi connectivity index (χ1n) is 24.1. The molecular weight excluding hydrogens is 936 g/mol. The number of aromatic nitrogens is 5. The minimum absolute atomic E-state index is 0.0325. The smallest absolute Gasteiger partial charge is 0.308 e. The Morgan fingerprint density at radius 1 is 0.347 bits per heavy atom. The highest BCUT2D eigenvalue weighted by atomic mass is 19.4. The molecule has 12 rings (SSSR count). The monoisotopic (exact) mass is 973 g/mol. The highest BCUT2D eigenvalue weighted by Crippen LogP contribution is 2.47. The quantitative estimate of drug-likeness (QED) is 0.143. The number of nitrogens with zero attached hydrogens (tertiary/aromatic N) is 7. The van der Waals surface area contributed by atoms with E-state index in [2.05, 4.69) is 12.1 Å². The van der Waals surface area contributed by atoms with Crippen molar-refractivity contribution < 1.29 is 13.2 Å². The number of nitriles is 2. The number of hydrogen-bond donors (Lipinski definition) is 0. The lowest BCUT2D eigenvalue weighted by atomic mass is 9.96. The van der Waals surface area contributed by atoms with Crippen LogP contribution in [0.4, 0.5) is 13.2 Å². The van der Waals surface area contributed by atoms with E-state index < -0.39 is 11.7 Å². The van der Waals surface area contributed by atoms with E-state index in [1.807, 2.05) is 193 Å². The molecule has 0 aliphatic heterocycles. The molecule has 3 aromatic heterocycles. The molecule has 10 heteroatoms. The molecular formula is C65H38F3N7. The first-order valence-corrected chi connectivity index (χ1v) is 24.1. The molecule has 9 aromatic carbocycles. The summed E-state index contributed by atoms with van der Waals surface area (Å²) in [6, 6.07) is 74.8. The standard InChI is InChI=1S/C65H38F3N7/c66-65(67,68)49-35-54(59-38-58(43-21-9-3-10-22-43)71-63(74-59)44-23-11-4-12-24-44)62(55(36-49)64-72-56(41-17-5-1-6-18-41)37-57(73-64)42-19-7-2-8-20-42)75-60-33-45(50-27-15-13-25-47(50)39-69)29-31-52(60)53-32-30-46(34-61(53)75)51-28-16-14-26-48(51)40-70/h1-38H. The van der Waals surface area contributed by atoms with Crippen LogP contribution in [0.1, 0.15) is 16.7 Å². The Morgan fingerprint density at radius 2 is 0.733 bits per heavy atom. The van der Waals surface area contributed by atoms with Crippen molar-refractivity contribution in [2.45, 2.75) is 6.18 Å². The maximum atomic E-state index is 16.0. The summed E-state index contributed by atoms with van der Waals surface area (Å²) in [6.45, 7) is 0. The van der Waals surface area contributed by atoms with Gasteiger partial charge in [0.15, 0.2) is 11.6 Å². The molecule has 0 saturated heterocycles. The van der Waals surface area contributed by atoms with Crippen molar-refractivity contribution in [2.24, 2.45) is 0 Å². The van der Waals surface area contributed by atoms with Gasteiger partial charge in [-0.05, 0) is 70.8 Å². The molecule has 0 atom stereocenters. The molecule has 0 N–H and O–H groups in total. The topological polar surface area (TPSA) is 104 Å². The van der Waals surface area contributed by atoms with Crippen LogP contribution in [0.2, 0.25) is 0 Å². The Kier molecular flexibility index (Phi) is 11.6. The van der Waals surface area contributed by atoms with Crippen molar-refractivity contribution in [2.75, 3.05) is 0 Å². The van der Waals surface area contributed by atoms with Crippen LogP contribution in [0, 0.1) is 22.7 Å². The Morgan fingerprint density at radius 3 is 1.19 bits per heavy atom. The third-order valence-corrected chi connectivity index (χ3v) is 13.4. The lowest BCUT2D eigenvalue weighted by Crippen LogP contribution is -2.11. The Bertz CT molecular complexity index is 3860. The molecule has 0 amide bonds. The summed E-state index contributed by atoms with van der Waals surface area (Å²) in [5.41, 5.74) is 9.03. The second-order valence-corrected chi connectivity index (χ2v) is 17.9. The highest BCUT2D eigenvalue weighted by molar-refractivity contribution is 6.12. The second kappa shape index (κ2) is 19.0. The fourth-order valence-electron chi connectivity index (χ4n) is 9.80. The zero-order valence-corrected chi connectivity index (χ0v) is 39.7. The zero-order chi connectivity index (χ0) is 51.0. The third-order valence-electron chi connectivity index (χ3n) is 13.4. The zero-order valence-electron chi connectivity index (χ0n) is 39.7. The van der Waals surface area contributed by atoms with Gasteiger partial charge in [-0.25, -0.2) is 19.9 Å². The van der Waals surface area contributed by atoms with E-state index in [0.717, 1.165) is 39.6 Å². The lowest BCUT2D eigenvalue weighted by Gasteiger charge is -2.22. The predicted molar refractivity (Wildman–Crippen MR) is 290 cm³/mol. The van der Waals surface area contributed by atoms with Crippen LogP contribution in [0.5, 0.6) is 0 Å². The van der Waals surface area contributed by atoms with Crippen LogP contribution < -0.4 is 0 Å². The minimum Gasteiger partial charge on any atom is -0.308 e. The fourth-order valence-corrected chi connectivity index (χ4v) is 9.80. The number of halogens is 3. The number of rotatable bonds is 9. The molecule has 0 bridgehead atoms. The number of fused-ring (bicyclic) bond motifs is 3. The number of hydrogen-bond acceptors (Lipinski definition) is 6. The second-order valence-electron chi connectivity index (χ2n) is 17.9. The van der Waals surface area contributed by atoms with E-state index in [-0.39, 0.29) is 22.6 Å². The average molecular weight is 974 g/mol. The summed E-state index contributed by atoms with van der Waals surface area (Å²) in [7, 11) is 0. The van der Waals surface area contributed by atoms with Crippen molar-refractivity contribution in [1.82, 2.24) is 24.5 Å². The molecule has 3 heterocycles. The summed E-state index contributed by atoms with van der Waals surface area (Å²) in [6.07, 6.45) is -4.86. The number of alkyl halides is 3. The highest BCUT2D eigenvalue weighted by Gasteiger charge is 2.35. The largest absolute Gasteiger partial charge is 0.416 e. The molecule has 0 aliphatic rings. The Labute approximate surface area is 429 Å². The first-order chi connectivity index (χ1) is 36.7. The van der Waals surface area contributed by atoms with E-state index >= 15 is 13.2 Å². The maximum Gasteiger partial charge on any atom is 0.416 e. The molecule has 0 aliphatic carbocycles. The van der Waals surface area contributed by atoms with Crippen molar-refractivity contribution in [3.8, 4) is 108 Å². The third kappa shape index (κ3) is 8.63. The van der Waals surface area contributed by atoms with Crippen LogP contribution in [0.25, 0.3) is 118 Å². The fraction of sp³-hybridized carbons (Fsp3) is 0.0154. The van der Waals surface area contributed by atoms with Crippen molar-refractivity contribution in [3.63, 3.8) is 0 Å². The van der Waals surface area contributed by atoms with Crippen LogP contribution in [0.15, 0.2) is 231 Å². The van der Waals surface area contributed by atoms with Gasteiger partial charge in [0.1, 0.15) is 0 Å². The van der Waals surface area contributed by atoms with Crippen molar-refractivity contribution >= 4 is 21.8 Å². The van der Waals surface area contributed by atoms with Gasteiger partial charge in [0.25, 0.3) is 0 Å². The van der Waals surface area contributed by atoms with E-state index in [1.165, 1.54) is 0 Å². The summed E-state index contributed by atoms with van der Waals surface area (Å²) in [5.74, 6) is 0.337. The van der Waals surface area contributed by atoms with Gasteiger partial charge in [0, 0.05) is 44.2 Å². The van der Waals surface area contributed by atoms with E-state index in [4.69, 9.17) is 19.9 Å². The van der Waals surface area contributed by atoms with Crippen molar-refractivity contribution in [1.29, 1.82) is 10.5 Å². The Hall–Kier alpha value is -10.3. The van der Waals surface area contributed by atoms with Gasteiger partial charge in [-0.2, -0.15) is 23.7 Å². The normalized spacial score (nSPS) is 11.4. The molecule has 0 spiro atoms. The van der Waals surface area contributed by atoms with Crippen LogP contribution in [-0.2, 0) is 6.18 Å². The van der Waals surface area contributed by atoms with E-state index in [0.29, 0.717) is 78.6 Å². The maximum absolute atomic E-state index is 16.0. The average Bonchev–Trinajstić information content (AvgIpc) is 3.80. The molecule has 0 radical (unpaired) electrons. The van der Waals surface area contributed by atoms with Crippen LogP contribution >= 0.6 is 0 Å². The minimum atomic E-state index is -4.86. The molecule has 0 saturated carbocycles. The molecule has 354 valence electrons. The van der Waals surface area contributed by atoms with Crippen LogP contribution in [-0.4, -0.2) is 24.5 Å². The molecule has 0 unspecified atom stereocenters. The molecule has 75 heavy (non-hydrogen) atoms. The van der Waals surface area contributed by atoms with E-state index in [1.54, 1.807) is 30.3 Å². The van der Waals surface area contributed by atoms with Gasteiger partial charge in [-0.3, -0.25) is 0 Å². The molecule has 0 fully saturated rings. The van der Waals surface area contributed by atoms with E-state index in [9.17, 15) is 10.5 Å². The van der Waals surface area contributed by atoms with Gasteiger partial charge < -0.3 is 4.57 Å². The lowest BCUT2D eigenvalue weighted by molar-refractivity contribution is -0.137. The van der Waals surface area contributed by atoms with Crippen molar-refractivity contribution in [3.05, 3.63) is 247 Å². The van der Waals surface area contributed by atoms with Crippen LogP contribution in [0.3, 0.4) is 0 Å².